The van der Waals surface area contributed by atoms with Crippen LogP contribution in [0, 0.1) is 11.8 Å². The van der Waals surface area contributed by atoms with Crippen LogP contribution in [0.15, 0.2) is 10.6 Å². The van der Waals surface area contributed by atoms with Crippen molar-refractivity contribution < 1.29 is 4.52 Å². The van der Waals surface area contributed by atoms with E-state index in [1.165, 1.54) is 19.3 Å². The van der Waals surface area contributed by atoms with Gasteiger partial charge in [-0.25, -0.2) is 0 Å². The fourth-order valence-corrected chi connectivity index (χ4v) is 2.44. The zero-order valence-electron chi connectivity index (χ0n) is 6.86. The third-order valence-corrected chi connectivity index (χ3v) is 3.19. The van der Waals surface area contributed by atoms with Gasteiger partial charge in [-0.3, -0.25) is 0 Å². The van der Waals surface area contributed by atoms with Gasteiger partial charge < -0.3 is 10.3 Å². The van der Waals surface area contributed by atoms with Crippen LogP contribution in [0.2, 0.25) is 0 Å². The Labute approximate surface area is 70.9 Å². The van der Waals surface area contributed by atoms with E-state index in [2.05, 4.69) is 5.16 Å². The number of hydrogen-bond acceptors (Lipinski definition) is 3. The molecule has 0 saturated heterocycles. The summed E-state index contributed by atoms with van der Waals surface area (Å²) >= 11 is 0. The van der Waals surface area contributed by atoms with Gasteiger partial charge in [0.1, 0.15) is 5.76 Å². The third-order valence-electron chi connectivity index (χ3n) is 3.19. The Morgan fingerprint density at radius 1 is 1.33 bits per heavy atom. The molecule has 0 spiro atoms. The van der Waals surface area contributed by atoms with Crippen LogP contribution in [0.25, 0.3) is 0 Å². The number of aromatic nitrogens is 1. The summed E-state index contributed by atoms with van der Waals surface area (Å²) in [6, 6.07) is 1.87. The van der Waals surface area contributed by atoms with Crippen LogP contribution < -0.4 is 5.73 Å². The SMILES string of the molecule is Nc1cc(C2CC3CC3C2)on1. The molecule has 64 valence electrons. The van der Waals surface area contributed by atoms with Crippen LogP contribution in [-0.2, 0) is 0 Å². The van der Waals surface area contributed by atoms with E-state index in [0.29, 0.717) is 11.7 Å². The largest absolute Gasteiger partial charge is 0.381 e. The van der Waals surface area contributed by atoms with Gasteiger partial charge in [0.2, 0.25) is 0 Å². The molecule has 0 aliphatic heterocycles. The van der Waals surface area contributed by atoms with E-state index < -0.39 is 0 Å². The van der Waals surface area contributed by atoms with Crippen LogP contribution in [0.3, 0.4) is 0 Å². The van der Waals surface area contributed by atoms with Gasteiger partial charge in [-0.1, -0.05) is 5.16 Å². The van der Waals surface area contributed by atoms with Crippen molar-refractivity contribution >= 4 is 5.82 Å². The Morgan fingerprint density at radius 2 is 2.08 bits per heavy atom. The molecule has 3 heteroatoms. The molecule has 1 aromatic rings. The van der Waals surface area contributed by atoms with Gasteiger partial charge in [-0.15, -0.1) is 0 Å². The molecule has 0 bridgehead atoms. The Kier molecular flexibility index (Phi) is 1.10. The number of nitrogens with two attached hydrogens (primary N) is 1. The first-order chi connectivity index (χ1) is 5.83. The van der Waals surface area contributed by atoms with Gasteiger partial charge in [0.25, 0.3) is 0 Å². The molecular formula is C9H12N2O. The quantitative estimate of drug-likeness (QED) is 0.688. The summed E-state index contributed by atoms with van der Waals surface area (Å²) in [6.07, 6.45) is 4.03. The topological polar surface area (TPSA) is 52.0 Å². The van der Waals surface area contributed by atoms with Crippen LogP contribution in [0.1, 0.15) is 30.9 Å². The molecule has 2 atom stereocenters. The molecule has 12 heavy (non-hydrogen) atoms. The van der Waals surface area contributed by atoms with E-state index in [1.807, 2.05) is 6.07 Å². The lowest BCUT2D eigenvalue weighted by Crippen LogP contribution is -1.92. The molecule has 3 rings (SSSR count). The maximum absolute atomic E-state index is 5.49. The number of fused-ring (bicyclic) bond motifs is 1. The fourth-order valence-electron chi connectivity index (χ4n) is 2.44. The average molecular weight is 164 g/mol. The average Bonchev–Trinajstić information content (AvgIpc) is 2.49. The summed E-state index contributed by atoms with van der Waals surface area (Å²) in [7, 11) is 0. The van der Waals surface area contributed by atoms with Gasteiger partial charge in [-0.2, -0.15) is 0 Å². The molecule has 2 fully saturated rings. The predicted molar refractivity (Wildman–Crippen MR) is 44.5 cm³/mol. The summed E-state index contributed by atoms with van der Waals surface area (Å²) in [5.74, 6) is 4.10. The minimum Gasteiger partial charge on any atom is -0.381 e. The van der Waals surface area contributed by atoms with Crippen molar-refractivity contribution in [2.45, 2.75) is 25.2 Å². The van der Waals surface area contributed by atoms with Crippen molar-refractivity contribution in [3.63, 3.8) is 0 Å². The number of rotatable bonds is 1. The highest BCUT2D eigenvalue weighted by atomic mass is 16.5. The molecule has 0 amide bonds. The highest BCUT2D eigenvalue weighted by Gasteiger charge is 2.47. The monoisotopic (exact) mass is 164 g/mol. The van der Waals surface area contributed by atoms with Crippen molar-refractivity contribution in [3.8, 4) is 0 Å². The molecule has 0 aromatic carbocycles. The zero-order chi connectivity index (χ0) is 8.13. The fraction of sp³-hybridized carbons (Fsp3) is 0.667. The van der Waals surface area contributed by atoms with Gasteiger partial charge in [0, 0.05) is 12.0 Å². The molecular weight excluding hydrogens is 152 g/mol. The maximum Gasteiger partial charge on any atom is 0.167 e. The van der Waals surface area contributed by atoms with Gasteiger partial charge in [-0.05, 0) is 31.1 Å². The summed E-state index contributed by atoms with van der Waals surface area (Å²) in [5, 5.41) is 3.70. The minimum atomic E-state index is 0.519. The normalized spacial score (nSPS) is 38.2. The number of nitrogens with zero attached hydrogens (tertiary/aromatic N) is 1. The van der Waals surface area contributed by atoms with Crippen molar-refractivity contribution in [2.75, 3.05) is 5.73 Å². The van der Waals surface area contributed by atoms with Gasteiger partial charge in [0.15, 0.2) is 5.82 Å². The van der Waals surface area contributed by atoms with Crippen molar-refractivity contribution in [1.29, 1.82) is 0 Å². The van der Waals surface area contributed by atoms with Crippen molar-refractivity contribution in [1.82, 2.24) is 5.16 Å². The van der Waals surface area contributed by atoms with Crippen molar-refractivity contribution in [2.24, 2.45) is 11.8 Å². The van der Waals surface area contributed by atoms with E-state index in [1.54, 1.807) is 0 Å². The summed E-state index contributed by atoms with van der Waals surface area (Å²) in [4.78, 5) is 0. The smallest absolute Gasteiger partial charge is 0.167 e. The number of nitrogen functional groups attached to an aromatic ring is 1. The molecule has 2 N–H and O–H groups in total. The molecule has 2 unspecified atom stereocenters. The highest BCUT2D eigenvalue weighted by molar-refractivity contribution is 5.29. The van der Waals surface area contributed by atoms with Crippen LogP contribution >= 0.6 is 0 Å². The first-order valence-corrected chi connectivity index (χ1v) is 4.55. The number of hydrogen-bond donors (Lipinski definition) is 1. The first kappa shape index (κ1) is 6.52. The Bertz CT molecular complexity index is 297. The summed E-state index contributed by atoms with van der Waals surface area (Å²) in [6.45, 7) is 0. The second-order valence-corrected chi connectivity index (χ2v) is 4.08. The zero-order valence-corrected chi connectivity index (χ0v) is 6.86. The van der Waals surface area contributed by atoms with E-state index in [0.717, 1.165) is 17.6 Å². The second-order valence-electron chi connectivity index (χ2n) is 4.08. The second kappa shape index (κ2) is 2.03. The summed E-state index contributed by atoms with van der Waals surface area (Å²) < 4.78 is 5.14. The van der Waals surface area contributed by atoms with E-state index in [4.69, 9.17) is 10.3 Å². The lowest BCUT2D eigenvalue weighted by molar-refractivity contribution is 0.355. The van der Waals surface area contributed by atoms with Crippen LogP contribution in [0.5, 0.6) is 0 Å². The van der Waals surface area contributed by atoms with Gasteiger partial charge >= 0.3 is 0 Å². The first-order valence-electron chi connectivity index (χ1n) is 4.55. The third kappa shape index (κ3) is 0.854. The number of anilines is 1. The molecule has 0 radical (unpaired) electrons. The van der Waals surface area contributed by atoms with Gasteiger partial charge in [0.05, 0.1) is 0 Å². The Morgan fingerprint density at radius 3 is 2.67 bits per heavy atom. The Balaban J connectivity index is 1.81. The van der Waals surface area contributed by atoms with Crippen LogP contribution in [0.4, 0.5) is 5.82 Å². The molecule has 1 aromatic heterocycles. The van der Waals surface area contributed by atoms with E-state index in [-0.39, 0.29) is 0 Å². The molecule has 2 saturated carbocycles. The van der Waals surface area contributed by atoms with E-state index in [9.17, 15) is 0 Å². The standard InChI is InChI=1S/C9H12N2O/c10-9-4-8(12-11-9)7-2-5-1-6(5)3-7/h4-7H,1-3H2,(H2,10,11). The molecule has 3 nitrogen and oxygen atoms in total. The lowest BCUT2D eigenvalue weighted by atomic mass is 10.0. The van der Waals surface area contributed by atoms with Crippen molar-refractivity contribution in [3.05, 3.63) is 11.8 Å². The Hall–Kier alpha value is -0.990. The lowest BCUT2D eigenvalue weighted by Gasteiger charge is -2.04. The summed E-state index contributed by atoms with van der Waals surface area (Å²) in [5.41, 5.74) is 5.49. The minimum absolute atomic E-state index is 0.519. The van der Waals surface area contributed by atoms with Crippen LogP contribution in [-0.4, -0.2) is 5.16 Å². The predicted octanol–water partition coefficient (Wildman–Crippen LogP) is 1.77. The molecule has 2 aliphatic rings. The molecule has 1 heterocycles. The maximum atomic E-state index is 5.49. The van der Waals surface area contributed by atoms with E-state index >= 15 is 0 Å². The molecule has 2 aliphatic carbocycles. The highest BCUT2D eigenvalue weighted by Crippen LogP contribution is 2.57.